The minimum absolute atomic E-state index is 0. The summed E-state index contributed by atoms with van der Waals surface area (Å²) in [7, 11) is 3.00. The van der Waals surface area contributed by atoms with Gasteiger partial charge >= 0.3 is 0 Å². The van der Waals surface area contributed by atoms with Gasteiger partial charge in [-0.05, 0) is 0 Å². The van der Waals surface area contributed by atoms with E-state index in [4.69, 9.17) is 15.3 Å². The van der Waals surface area contributed by atoms with Crippen LogP contribution in [0.3, 0.4) is 0 Å². The number of aliphatic hydroxyl groups is 3. The van der Waals surface area contributed by atoms with Crippen molar-refractivity contribution in [2.24, 2.45) is 0 Å². The van der Waals surface area contributed by atoms with E-state index in [0.29, 0.717) is 0 Å². The summed E-state index contributed by atoms with van der Waals surface area (Å²) in [6.07, 6.45) is 2.48. The van der Waals surface area contributed by atoms with Crippen molar-refractivity contribution in [3.63, 3.8) is 0 Å². The molecule has 0 aliphatic rings. The Morgan fingerprint density at radius 3 is 1.47 bits per heavy atom. The predicted molar refractivity (Wildman–Crippen MR) is 60.5 cm³/mol. The molecule has 0 aliphatic carbocycles. The zero-order valence-electron chi connectivity index (χ0n) is 10.1. The molecule has 15 heavy (non-hydrogen) atoms. The molecule has 1 aromatic rings. The molecule has 0 aromatic heterocycles. The first-order valence-corrected chi connectivity index (χ1v) is 4.48. The Morgan fingerprint density at radius 2 is 1.20 bits per heavy atom. The summed E-state index contributed by atoms with van der Waals surface area (Å²) in [5.74, 6) is 0. The van der Waals surface area contributed by atoms with Gasteiger partial charge in [0.25, 0.3) is 0 Å². The molecule has 4 heteroatoms. The molecule has 3 nitrogen and oxygen atoms in total. The van der Waals surface area contributed by atoms with Crippen molar-refractivity contribution in [2.75, 3.05) is 21.3 Å². The summed E-state index contributed by atoms with van der Waals surface area (Å²) in [6, 6.07) is 8.52. The van der Waals surface area contributed by atoms with Crippen LogP contribution in [0, 0.1) is 0 Å². The predicted octanol–water partition coefficient (Wildman–Crippen LogP) is 1.18. The number of aryl methyl sites for hydroxylation is 1. The molecule has 0 bridgehead atoms. The molecule has 1 aromatic carbocycles. The normalized spacial score (nSPS) is 6.33. The second kappa shape index (κ2) is 29.2. The van der Waals surface area contributed by atoms with Crippen molar-refractivity contribution in [2.45, 2.75) is 19.8 Å². The number of hydrogen-bond acceptors (Lipinski definition) is 3. The van der Waals surface area contributed by atoms with Gasteiger partial charge in [-0.2, -0.15) is 17.7 Å². The Balaban J connectivity index is -0.0000000755. The van der Waals surface area contributed by atoms with Crippen LogP contribution in [0.2, 0.25) is 0 Å². The van der Waals surface area contributed by atoms with Crippen molar-refractivity contribution in [3.8, 4) is 0 Å². The molecule has 90 valence electrons. The summed E-state index contributed by atoms with van der Waals surface area (Å²) >= 11 is 0. The fourth-order valence-corrected chi connectivity index (χ4v) is 0.869. The van der Waals surface area contributed by atoms with Crippen LogP contribution in [0.15, 0.2) is 24.3 Å². The van der Waals surface area contributed by atoms with Gasteiger partial charge in [-0.1, -0.05) is 19.8 Å². The van der Waals surface area contributed by atoms with Gasteiger partial charge in [-0.15, -0.1) is 0 Å². The van der Waals surface area contributed by atoms with Gasteiger partial charge in [0, 0.05) is 47.5 Å². The van der Waals surface area contributed by atoms with Gasteiger partial charge in [-0.25, -0.2) is 12.1 Å². The van der Waals surface area contributed by atoms with Crippen molar-refractivity contribution in [1.29, 1.82) is 0 Å². The van der Waals surface area contributed by atoms with Crippen LogP contribution >= 0.6 is 0 Å². The maximum absolute atomic E-state index is 7.00. The van der Waals surface area contributed by atoms with Crippen LogP contribution in [-0.2, 0) is 32.6 Å². The summed E-state index contributed by atoms with van der Waals surface area (Å²) in [4.78, 5) is 0. The summed E-state index contributed by atoms with van der Waals surface area (Å²) < 4.78 is 0. The van der Waals surface area contributed by atoms with Gasteiger partial charge in [0.15, 0.2) is 0 Å². The topological polar surface area (TPSA) is 60.7 Å². The molecular weight excluding hydrogens is 271 g/mol. The number of aliphatic hydroxyl groups excluding tert-OH is 3. The first-order chi connectivity index (χ1) is 6.93. The SMILES string of the molecule is CCC[c-]1cccc1.CO.CO.CO.[Zr]. The smallest absolute Gasteiger partial charge is 0.0319 e. The Morgan fingerprint density at radius 1 is 0.867 bits per heavy atom. The minimum atomic E-state index is 0. The van der Waals surface area contributed by atoms with E-state index in [9.17, 15) is 0 Å². The first-order valence-electron chi connectivity index (χ1n) is 4.48. The maximum atomic E-state index is 7.00. The average Bonchev–Trinajstić information content (AvgIpc) is 2.80. The average molecular weight is 295 g/mol. The second-order valence-electron chi connectivity index (χ2n) is 2.04. The van der Waals surface area contributed by atoms with Crippen molar-refractivity contribution in [1.82, 2.24) is 0 Å². The fraction of sp³-hybridized carbons (Fsp3) is 0.545. The third-order valence-electron chi connectivity index (χ3n) is 1.27. The van der Waals surface area contributed by atoms with Crippen LogP contribution in [0.25, 0.3) is 0 Å². The molecule has 0 amide bonds. The number of rotatable bonds is 2. The van der Waals surface area contributed by atoms with E-state index in [2.05, 4.69) is 31.2 Å². The first kappa shape index (κ1) is 24.4. The van der Waals surface area contributed by atoms with E-state index >= 15 is 0 Å². The molecular formula is C11H23O3Zr-. The molecule has 0 atom stereocenters. The quantitative estimate of drug-likeness (QED) is 0.718. The van der Waals surface area contributed by atoms with Gasteiger partial charge in [-0.3, -0.25) is 0 Å². The molecule has 0 saturated carbocycles. The summed E-state index contributed by atoms with van der Waals surface area (Å²) in [5.41, 5.74) is 1.47. The van der Waals surface area contributed by atoms with Crippen molar-refractivity contribution in [3.05, 3.63) is 29.8 Å². The molecule has 0 spiro atoms. The Kier molecular flexibility index (Phi) is 47.5. The molecule has 0 heterocycles. The van der Waals surface area contributed by atoms with E-state index < -0.39 is 0 Å². The maximum Gasteiger partial charge on any atom is 0.0319 e. The van der Waals surface area contributed by atoms with E-state index in [-0.39, 0.29) is 26.2 Å². The zero-order chi connectivity index (χ0) is 11.8. The van der Waals surface area contributed by atoms with Gasteiger partial charge in [0.2, 0.25) is 0 Å². The van der Waals surface area contributed by atoms with Crippen molar-refractivity contribution < 1.29 is 41.5 Å². The van der Waals surface area contributed by atoms with Crippen LogP contribution in [0.5, 0.6) is 0 Å². The molecule has 0 fully saturated rings. The molecule has 0 saturated heterocycles. The number of hydrogen-bond donors (Lipinski definition) is 3. The third kappa shape index (κ3) is 20.2. The van der Waals surface area contributed by atoms with Crippen LogP contribution in [0.1, 0.15) is 18.9 Å². The minimum Gasteiger partial charge on any atom is -0.400 e. The third-order valence-corrected chi connectivity index (χ3v) is 1.27. The molecule has 3 N–H and O–H groups in total. The second-order valence-corrected chi connectivity index (χ2v) is 2.04. The Bertz CT molecular complexity index is 142. The molecule has 0 aliphatic heterocycles. The van der Waals surface area contributed by atoms with Gasteiger partial charge < -0.3 is 15.3 Å². The van der Waals surface area contributed by atoms with E-state index in [1.807, 2.05) is 0 Å². The Hall–Kier alpha value is 0.113. The largest absolute Gasteiger partial charge is 0.400 e. The van der Waals surface area contributed by atoms with Crippen molar-refractivity contribution >= 4 is 0 Å². The van der Waals surface area contributed by atoms with Crippen LogP contribution in [0.4, 0.5) is 0 Å². The molecule has 0 unspecified atom stereocenters. The van der Waals surface area contributed by atoms with E-state index in [1.165, 1.54) is 18.4 Å². The van der Waals surface area contributed by atoms with Crippen LogP contribution in [-0.4, -0.2) is 36.6 Å². The van der Waals surface area contributed by atoms with E-state index in [1.54, 1.807) is 0 Å². The van der Waals surface area contributed by atoms with Crippen LogP contribution < -0.4 is 0 Å². The standard InChI is InChI=1S/C8H11.3CH4O.Zr/c1-2-5-8-6-3-4-7-8;3*1-2;/h3-4,6-7H,2,5H2,1H3;3*2H,1H3;/q-1;;;;. The summed E-state index contributed by atoms with van der Waals surface area (Å²) in [6.45, 7) is 2.20. The zero-order valence-corrected chi connectivity index (χ0v) is 12.5. The van der Waals surface area contributed by atoms with E-state index in [0.717, 1.165) is 21.3 Å². The monoisotopic (exact) mass is 293 g/mol. The fourth-order valence-electron chi connectivity index (χ4n) is 0.869. The van der Waals surface area contributed by atoms with Gasteiger partial charge in [0.1, 0.15) is 0 Å². The van der Waals surface area contributed by atoms with Gasteiger partial charge in [0.05, 0.1) is 0 Å². The molecule has 0 radical (unpaired) electrons. The Labute approximate surface area is 112 Å². The molecule has 1 rings (SSSR count). The summed E-state index contributed by atoms with van der Waals surface area (Å²) in [5, 5.41) is 21.0.